The van der Waals surface area contributed by atoms with E-state index < -0.39 is 29.1 Å². The van der Waals surface area contributed by atoms with Gasteiger partial charge in [-0.3, -0.25) is 10.1 Å². The second-order valence-corrected chi connectivity index (χ2v) is 4.68. The quantitative estimate of drug-likeness (QED) is 0.831. The fourth-order valence-electron chi connectivity index (χ4n) is 2.47. The largest absolute Gasteiger partial charge is 0.322 e. The van der Waals surface area contributed by atoms with Crippen LogP contribution >= 0.6 is 0 Å². The molecule has 21 heavy (non-hydrogen) atoms. The highest BCUT2D eigenvalue weighted by Crippen LogP contribution is 2.33. The SMILES string of the molecule is O=C1NC(=O)C(c2cccc(F)c2)(c2cccc(F)c2)N1. The van der Waals surface area contributed by atoms with E-state index in [2.05, 4.69) is 10.6 Å². The molecular formula is C15H10F2N2O2. The monoisotopic (exact) mass is 288 g/mol. The third-order valence-corrected chi connectivity index (χ3v) is 3.38. The van der Waals surface area contributed by atoms with Crippen molar-refractivity contribution in [2.45, 2.75) is 5.54 Å². The van der Waals surface area contributed by atoms with E-state index in [1.54, 1.807) is 0 Å². The molecule has 0 radical (unpaired) electrons. The van der Waals surface area contributed by atoms with Crippen molar-refractivity contribution in [2.75, 3.05) is 0 Å². The molecule has 0 aromatic heterocycles. The van der Waals surface area contributed by atoms with Crippen LogP contribution in [-0.2, 0) is 10.3 Å². The van der Waals surface area contributed by atoms with Gasteiger partial charge in [-0.15, -0.1) is 0 Å². The molecular weight excluding hydrogens is 278 g/mol. The maximum Gasteiger partial charge on any atom is 0.322 e. The summed E-state index contributed by atoms with van der Waals surface area (Å²) in [5.41, 5.74) is -1.20. The number of imide groups is 1. The number of carbonyl (C=O) groups excluding carboxylic acids is 2. The van der Waals surface area contributed by atoms with Gasteiger partial charge in [0, 0.05) is 0 Å². The normalized spacial score (nSPS) is 16.5. The van der Waals surface area contributed by atoms with Crippen LogP contribution in [0.15, 0.2) is 48.5 Å². The smallest absolute Gasteiger partial charge is 0.316 e. The summed E-state index contributed by atoms with van der Waals surface area (Å²) in [6, 6.07) is 9.83. The molecule has 1 aliphatic heterocycles. The molecule has 3 amide bonds. The summed E-state index contributed by atoms with van der Waals surface area (Å²) >= 11 is 0. The molecule has 4 nitrogen and oxygen atoms in total. The lowest BCUT2D eigenvalue weighted by atomic mass is 9.83. The van der Waals surface area contributed by atoms with Crippen LogP contribution in [0.25, 0.3) is 0 Å². The van der Waals surface area contributed by atoms with Crippen molar-refractivity contribution in [1.82, 2.24) is 10.6 Å². The molecule has 1 aliphatic rings. The summed E-state index contributed by atoms with van der Waals surface area (Å²) in [5, 5.41) is 4.58. The predicted octanol–water partition coefficient (Wildman–Crippen LogP) is 2.05. The molecule has 1 saturated heterocycles. The molecule has 0 spiro atoms. The molecule has 0 atom stereocenters. The summed E-state index contributed by atoms with van der Waals surface area (Å²) in [6.45, 7) is 0. The lowest BCUT2D eigenvalue weighted by Gasteiger charge is -2.27. The van der Waals surface area contributed by atoms with Crippen LogP contribution in [0.4, 0.5) is 13.6 Å². The second-order valence-electron chi connectivity index (χ2n) is 4.68. The van der Waals surface area contributed by atoms with Gasteiger partial charge in [-0.2, -0.15) is 0 Å². The van der Waals surface area contributed by atoms with Crippen LogP contribution < -0.4 is 10.6 Å². The zero-order valence-corrected chi connectivity index (χ0v) is 10.7. The number of hydrogen-bond acceptors (Lipinski definition) is 2. The van der Waals surface area contributed by atoms with E-state index in [1.165, 1.54) is 36.4 Å². The maximum atomic E-state index is 13.5. The van der Waals surface area contributed by atoms with Crippen molar-refractivity contribution in [3.8, 4) is 0 Å². The van der Waals surface area contributed by atoms with E-state index >= 15 is 0 Å². The second kappa shape index (κ2) is 4.66. The van der Waals surface area contributed by atoms with Crippen molar-refractivity contribution in [2.24, 2.45) is 0 Å². The first-order chi connectivity index (χ1) is 10.0. The molecule has 3 rings (SSSR count). The highest BCUT2D eigenvalue weighted by atomic mass is 19.1. The molecule has 0 saturated carbocycles. The molecule has 2 aromatic rings. The number of urea groups is 1. The Labute approximate surface area is 118 Å². The zero-order chi connectivity index (χ0) is 15.0. The molecule has 0 unspecified atom stereocenters. The molecule has 0 bridgehead atoms. The Morgan fingerprint density at radius 1 is 0.857 bits per heavy atom. The third-order valence-electron chi connectivity index (χ3n) is 3.38. The van der Waals surface area contributed by atoms with Gasteiger partial charge in [0.25, 0.3) is 5.91 Å². The first-order valence-corrected chi connectivity index (χ1v) is 6.18. The van der Waals surface area contributed by atoms with E-state index in [1.807, 2.05) is 0 Å². The van der Waals surface area contributed by atoms with Gasteiger partial charge in [-0.1, -0.05) is 24.3 Å². The Bertz CT molecular complexity index is 700. The van der Waals surface area contributed by atoms with Crippen LogP contribution in [0.2, 0.25) is 0 Å². The van der Waals surface area contributed by atoms with Gasteiger partial charge in [0.05, 0.1) is 0 Å². The summed E-state index contributed by atoms with van der Waals surface area (Å²) in [6.07, 6.45) is 0. The van der Waals surface area contributed by atoms with E-state index in [-0.39, 0.29) is 11.1 Å². The molecule has 1 fully saturated rings. The number of rotatable bonds is 2. The fourth-order valence-corrected chi connectivity index (χ4v) is 2.47. The van der Waals surface area contributed by atoms with Crippen molar-refractivity contribution in [3.63, 3.8) is 0 Å². The van der Waals surface area contributed by atoms with Gasteiger partial charge >= 0.3 is 6.03 Å². The van der Waals surface area contributed by atoms with E-state index in [0.29, 0.717) is 0 Å². The topological polar surface area (TPSA) is 58.2 Å². The standard InChI is InChI=1S/C15H10F2N2O2/c16-11-5-1-3-9(7-11)15(13(20)18-14(21)19-15)10-4-2-6-12(17)8-10/h1-8H,(H2,18,19,20,21). The lowest BCUT2D eigenvalue weighted by molar-refractivity contribution is -0.122. The van der Waals surface area contributed by atoms with E-state index in [0.717, 1.165) is 12.1 Å². The van der Waals surface area contributed by atoms with Crippen LogP contribution in [0.1, 0.15) is 11.1 Å². The molecule has 6 heteroatoms. The van der Waals surface area contributed by atoms with Gasteiger partial charge < -0.3 is 5.32 Å². The molecule has 2 aromatic carbocycles. The summed E-state index contributed by atoms with van der Waals surface area (Å²) in [7, 11) is 0. The first-order valence-electron chi connectivity index (χ1n) is 6.18. The number of halogens is 2. The minimum atomic E-state index is -1.64. The van der Waals surface area contributed by atoms with Gasteiger partial charge in [-0.25, -0.2) is 13.6 Å². The first kappa shape index (κ1) is 13.2. The van der Waals surface area contributed by atoms with Crippen LogP contribution in [-0.4, -0.2) is 11.9 Å². The predicted molar refractivity (Wildman–Crippen MR) is 70.3 cm³/mol. The number of benzene rings is 2. The minimum Gasteiger partial charge on any atom is -0.316 e. The highest BCUT2D eigenvalue weighted by Gasteiger charge is 2.49. The lowest BCUT2D eigenvalue weighted by Crippen LogP contribution is -2.45. The van der Waals surface area contributed by atoms with Gasteiger partial charge in [0.1, 0.15) is 11.6 Å². The minimum absolute atomic E-state index is 0.219. The maximum absolute atomic E-state index is 13.5. The van der Waals surface area contributed by atoms with Crippen molar-refractivity contribution in [1.29, 1.82) is 0 Å². The molecule has 0 aliphatic carbocycles. The Morgan fingerprint density at radius 2 is 1.38 bits per heavy atom. The number of carbonyl (C=O) groups is 2. The number of hydrogen-bond donors (Lipinski definition) is 2. The average molecular weight is 288 g/mol. The van der Waals surface area contributed by atoms with Crippen LogP contribution in [0.3, 0.4) is 0 Å². The van der Waals surface area contributed by atoms with Gasteiger partial charge in [0.15, 0.2) is 5.54 Å². The van der Waals surface area contributed by atoms with Gasteiger partial charge in [0.2, 0.25) is 0 Å². The van der Waals surface area contributed by atoms with Gasteiger partial charge in [-0.05, 0) is 35.4 Å². The Morgan fingerprint density at radius 3 is 1.76 bits per heavy atom. The van der Waals surface area contributed by atoms with Crippen molar-refractivity contribution in [3.05, 3.63) is 71.3 Å². The Kier molecular flexibility index (Phi) is 2.94. The molecule has 1 heterocycles. The van der Waals surface area contributed by atoms with Crippen molar-refractivity contribution < 1.29 is 18.4 Å². The highest BCUT2D eigenvalue weighted by molar-refractivity contribution is 6.09. The zero-order valence-electron chi connectivity index (χ0n) is 10.7. The Hall–Kier alpha value is -2.76. The van der Waals surface area contributed by atoms with E-state index in [4.69, 9.17) is 0 Å². The summed E-state index contributed by atoms with van der Waals surface area (Å²) in [4.78, 5) is 23.8. The molecule has 2 N–H and O–H groups in total. The third kappa shape index (κ3) is 2.05. The molecule has 106 valence electrons. The number of nitrogens with one attached hydrogen (secondary N) is 2. The van der Waals surface area contributed by atoms with Crippen LogP contribution in [0, 0.1) is 11.6 Å². The summed E-state index contributed by atoms with van der Waals surface area (Å²) in [5.74, 6) is -1.79. The van der Waals surface area contributed by atoms with Crippen LogP contribution in [0.5, 0.6) is 0 Å². The fraction of sp³-hybridized carbons (Fsp3) is 0.0667. The summed E-state index contributed by atoms with van der Waals surface area (Å²) < 4.78 is 27.0. The average Bonchev–Trinajstić information content (AvgIpc) is 2.74. The van der Waals surface area contributed by atoms with Crippen molar-refractivity contribution >= 4 is 11.9 Å². The number of amides is 3. The van der Waals surface area contributed by atoms with E-state index in [9.17, 15) is 18.4 Å². The Balaban J connectivity index is 2.26.